The molecule has 0 bridgehead atoms. The normalized spacial score (nSPS) is 10.6. The molecule has 1 heterocycles. The summed E-state index contributed by atoms with van der Waals surface area (Å²) in [5.74, 6) is -1.30. The first-order valence-electron chi connectivity index (χ1n) is 8.26. The first-order chi connectivity index (χ1) is 13.0. The minimum Gasteiger partial charge on any atom is -0.492 e. The monoisotopic (exact) mass is 367 g/mol. The molecule has 1 amide bonds. The Morgan fingerprint density at radius 2 is 1.78 bits per heavy atom. The van der Waals surface area contributed by atoms with E-state index in [4.69, 9.17) is 4.74 Å². The van der Waals surface area contributed by atoms with Crippen molar-refractivity contribution < 1.29 is 19.4 Å². The summed E-state index contributed by atoms with van der Waals surface area (Å²) in [7, 11) is 0. The Morgan fingerprint density at radius 3 is 2.48 bits per heavy atom. The van der Waals surface area contributed by atoms with Crippen molar-refractivity contribution in [1.29, 1.82) is 0 Å². The number of carboxylic acid groups (broad SMARTS) is 1. The molecule has 8 heteroatoms. The molecule has 2 N–H and O–H groups in total. The van der Waals surface area contributed by atoms with Crippen LogP contribution in [0.2, 0.25) is 0 Å². The van der Waals surface area contributed by atoms with Crippen LogP contribution in [0.25, 0.3) is 10.8 Å². The van der Waals surface area contributed by atoms with Gasteiger partial charge in [-0.15, -0.1) is 0 Å². The highest BCUT2D eigenvalue weighted by atomic mass is 16.5. The number of benzene rings is 2. The third-order valence-corrected chi connectivity index (χ3v) is 3.82. The molecular formula is C19H17N3O5. The number of ether oxygens (including phenoxy) is 1. The van der Waals surface area contributed by atoms with E-state index in [2.05, 4.69) is 10.4 Å². The van der Waals surface area contributed by atoms with Crippen molar-refractivity contribution >= 4 is 28.3 Å². The lowest BCUT2D eigenvalue weighted by Gasteiger charge is -2.12. The predicted octanol–water partition coefficient (Wildman–Crippen LogP) is 2.13. The number of carbonyl (C=O) groups is 2. The van der Waals surface area contributed by atoms with Gasteiger partial charge in [0.1, 0.15) is 12.3 Å². The number of carboxylic acids is 1. The van der Waals surface area contributed by atoms with E-state index in [1.807, 2.05) is 6.92 Å². The minimum atomic E-state index is -1.28. The lowest BCUT2D eigenvalue weighted by atomic mass is 10.1. The number of rotatable bonds is 6. The standard InChI is InChI=1S/C19H17N3O5/c1-2-27-15-10-6-5-9-14(15)20-16(23)11-22-18(24)13-8-4-3-7-12(13)17(21-22)19(25)26/h3-10H,2,11H2,1H3,(H,20,23)(H,25,26). The fourth-order valence-corrected chi connectivity index (χ4v) is 2.68. The van der Waals surface area contributed by atoms with Crippen LogP contribution in [0.15, 0.2) is 53.3 Å². The number of nitrogens with zero attached hydrogens (tertiary/aromatic N) is 2. The van der Waals surface area contributed by atoms with Crippen molar-refractivity contribution in [3.63, 3.8) is 0 Å². The molecule has 0 atom stereocenters. The maximum absolute atomic E-state index is 12.6. The number of para-hydroxylation sites is 2. The average molecular weight is 367 g/mol. The molecule has 3 aromatic rings. The van der Waals surface area contributed by atoms with Gasteiger partial charge in [0.05, 0.1) is 17.7 Å². The van der Waals surface area contributed by atoms with E-state index in [1.165, 1.54) is 12.1 Å². The van der Waals surface area contributed by atoms with Gasteiger partial charge in [-0.3, -0.25) is 9.59 Å². The summed E-state index contributed by atoms with van der Waals surface area (Å²) in [5.41, 5.74) is -0.367. The zero-order valence-corrected chi connectivity index (χ0v) is 14.5. The Kier molecular flexibility index (Phi) is 5.16. The first kappa shape index (κ1) is 18.1. The van der Waals surface area contributed by atoms with E-state index in [0.717, 1.165) is 4.68 Å². The zero-order valence-electron chi connectivity index (χ0n) is 14.5. The molecule has 3 rings (SSSR count). The quantitative estimate of drug-likeness (QED) is 0.690. The van der Waals surface area contributed by atoms with E-state index >= 15 is 0 Å². The predicted molar refractivity (Wildman–Crippen MR) is 99.2 cm³/mol. The van der Waals surface area contributed by atoms with Crippen LogP contribution in [0, 0.1) is 0 Å². The van der Waals surface area contributed by atoms with E-state index in [1.54, 1.807) is 36.4 Å². The Hall–Kier alpha value is -3.68. The second kappa shape index (κ2) is 7.69. The second-order valence-electron chi connectivity index (χ2n) is 5.64. The number of amides is 1. The Morgan fingerprint density at radius 1 is 1.11 bits per heavy atom. The molecule has 0 fully saturated rings. The molecule has 0 radical (unpaired) electrons. The van der Waals surface area contributed by atoms with Gasteiger partial charge >= 0.3 is 5.97 Å². The van der Waals surface area contributed by atoms with Gasteiger partial charge in [0, 0.05) is 5.39 Å². The van der Waals surface area contributed by atoms with Crippen molar-refractivity contribution in [3.05, 3.63) is 64.6 Å². The Balaban J connectivity index is 1.93. The summed E-state index contributed by atoms with van der Waals surface area (Å²) in [5, 5.41) is 16.3. The van der Waals surface area contributed by atoms with Gasteiger partial charge in [-0.2, -0.15) is 5.10 Å². The number of aromatic carboxylic acids is 1. The maximum atomic E-state index is 12.6. The molecule has 0 saturated carbocycles. The van der Waals surface area contributed by atoms with Crippen LogP contribution in [0.3, 0.4) is 0 Å². The van der Waals surface area contributed by atoms with E-state index < -0.39 is 24.0 Å². The summed E-state index contributed by atoms with van der Waals surface area (Å²) in [6.45, 7) is 1.83. The largest absolute Gasteiger partial charge is 0.492 e. The van der Waals surface area contributed by atoms with E-state index in [-0.39, 0.29) is 16.5 Å². The number of carbonyl (C=O) groups excluding carboxylic acids is 1. The van der Waals surface area contributed by atoms with Crippen molar-refractivity contribution in [3.8, 4) is 5.75 Å². The van der Waals surface area contributed by atoms with Crippen molar-refractivity contribution in [2.45, 2.75) is 13.5 Å². The van der Waals surface area contributed by atoms with Crippen LogP contribution in [-0.2, 0) is 11.3 Å². The lowest BCUT2D eigenvalue weighted by Crippen LogP contribution is -2.31. The molecule has 0 aliphatic rings. The Labute approximate surface area is 154 Å². The molecule has 138 valence electrons. The van der Waals surface area contributed by atoms with Crippen LogP contribution >= 0.6 is 0 Å². The fourth-order valence-electron chi connectivity index (χ4n) is 2.68. The van der Waals surface area contributed by atoms with Crippen molar-refractivity contribution in [2.24, 2.45) is 0 Å². The number of aromatic nitrogens is 2. The van der Waals surface area contributed by atoms with Crippen molar-refractivity contribution in [1.82, 2.24) is 9.78 Å². The summed E-state index contributed by atoms with van der Waals surface area (Å²) >= 11 is 0. The molecule has 0 saturated heterocycles. The molecule has 0 aliphatic carbocycles. The SMILES string of the molecule is CCOc1ccccc1NC(=O)Cn1nc(C(=O)O)c2ccccc2c1=O. The molecule has 0 unspecified atom stereocenters. The van der Waals surface area contributed by atoms with Crippen LogP contribution < -0.4 is 15.6 Å². The third kappa shape index (κ3) is 3.79. The van der Waals surface area contributed by atoms with Crippen molar-refractivity contribution in [2.75, 3.05) is 11.9 Å². The molecular weight excluding hydrogens is 350 g/mol. The van der Waals surface area contributed by atoms with E-state index in [9.17, 15) is 19.5 Å². The van der Waals surface area contributed by atoms with E-state index in [0.29, 0.717) is 18.0 Å². The van der Waals surface area contributed by atoms with Gasteiger partial charge in [-0.1, -0.05) is 30.3 Å². The summed E-state index contributed by atoms with van der Waals surface area (Å²) < 4.78 is 6.30. The number of fused-ring (bicyclic) bond motifs is 1. The highest BCUT2D eigenvalue weighted by molar-refractivity contribution is 6.01. The highest BCUT2D eigenvalue weighted by Gasteiger charge is 2.17. The fraction of sp³-hybridized carbons (Fsp3) is 0.158. The summed E-state index contributed by atoms with van der Waals surface area (Å²) in [6, 6.07) is 13.1. The smallest absolute Gasteiger partial charge is 0.357 e. The molecule has 0 spiro atoms. The average Bonchev–Trinajstić information content (AvgIpc) is 2.65. The zero-order chi connectivity index (χ0) is 19.4. The molecule has 27 heavy (non-hydrogen) atoms. The summed E-state index contributed by atoms with van der Waals surface area (Å²) in [6.07, 6.45) is 0. The van der Waals surface area contributed by atoms with Gasteiger partial charge in [-0.05, 0) is 25.1 Å². The first-order valence-corrected chi connectivity index (χ1v) is 8.26. The number of anilines is 1. The minimum absolute atomic E-state index is 0.187. The van der Waals surface area contributed by atoms with Crippen LogP contribution in [0.4, 0.5) is 5.69 Å². The topological polar surface area (TPSA) is 111 Å². The van der Waals surface area contributed by atoms with Gasteiger partial charge in [0.15, 0.2) is 5.69 Å². The number of nitrogens with one attached hydrogen (secondary N) is 1. The van der Waals surface area contributed by atoms with Gasteiger partial charge in [-0.25, -0.2) is 9.48 Å². The molecule has 1 aromatic heterocycles. The maximum Gasteiger partial charge on any atom is 0.357 e. The lowest BCUT2D eigenvalue weighted by molar-refractivity contribution is -0.117. The summed E-state index contributed by atoms with van der Waals surface area (Å²) in [4.78, 5) is 36.4. The second-order valence-corrected chi connectivity index (χ2v) is 5.64. The third-order valence-electron chi connectivity index (χ3n) is 3.82. The van der Waals surface area contributed by atoms with Crippen LogP contribution in [0.5, 0.6) is 5.75 Å². The van der Waals surface area contributed by atoms with Gasteiger partial charge < -0.3 is 15.2 Å². The molecule has 8 nitrogen and oxygen atoms in total. The molecule has 0 aliphatic heterocycles. The highest BCUT2D eigenvalue weighted by Crippen LogP contribution is 2.23. The number of hydrogen-bond donors (Lipinski definition) is 2. The molecule has 2 aromatic carbocycles. The Bertz CT molecular complexity index is 1070. The number of hydrogen-bond acceptors (Lipinski definition) is 5. The van der Waals surface area contributed by atoms with Crippen LogP contribution in [0.1, 0.15) is 17.4 Å². The van der Waals surface area contributed by atoms with Gasteiger partial charge in [0.25, 0.3) is 5.56 Å². The van der Waals surface area contributed by atoms with Gasteiger partial charge in [0.2, 0.25) is 5.91 Å². The van der Waals surface area contributed by atoms with Crippen LogP contribution in [-0.4, -0.2) is 33.4 Å².